The van der Waals surface area contributed by atoms with Gasteiger partial charge in [-0.2, -0.15) is 4.98 Å². The predicted molar refractivity (Wildman–Crippen MR) is 258 cm³/mol. The highest BCUT2D eigenvalue weighted by Gasteiger charge is 2.40. The number of hydrogen-bond donors (Lipinski definition) is 3. The molecule has 2 fully saturated rings. The predicted octanol–water partition coefficient (Wildman–Crippen LogP) is 8.92. The number of piperidine rings is 1. The number of thioether (sulfide) groups is 1. The molecule has 15 nitrogen and oxygen atoms in total. The Kier molecular flexibility index (Phi) is 17.2. The molecule has 1 atom stereocenters. The number of carbonyl (C=O) groups excluding carboxylic acids is 3. The first kappa shape index (κ1) is 48.2. The molecule has 348 valence electrons. The normalized spacial score (nSPS) is 16.7. The van der Waals surface area contributed by atoms with Crippen LogP contribution in [-0.2, 0) is 29.7 Å². The summed E-state index contributed by atoms with van der Waals surface area (Å²) in [5, 5.41) is 9.43. The summed E-state index contributed by atoms with van der Waals surface area (Å²) < 4.78 is 29.4. The standard InChI is InChI=1S/C47H60ClN8O7PS/c1-61-40-30-33(20-21-37(40)51-47-49-31-36(48)44(53-47)50-38-17-11-12-18-41(38)64(60,62-2)63-3)55-27-25-54(26-28-55)24-13-9-7-5-4-6-8-10-14-29-65-42-19-15-16-34-35(42)32-56(46(34)59)39-22-23-43(57)52-45(39)58/h11-12,15-21,30-31,39H,4-10,13-14,22-29,32H2,1-3H3,(H,52,57,58)(H2,49,50,51,53). The van der Waals surface area contributed by atoms with E-state index in [0.717, 1.165) is 61.0 Å². The number of nitrogens with one attached hydrogen (secondary N) is 3. The van der Waals surface area contributed by atoms with Crippen LogP contribution in [0.2, 0.25) is 5.02 Å². The van der Waals surface area contributed by atoms with E-state index < -0.39 is 13.6 Å². The molecule has 7 rings (SSSR count). The van der Waals surface area contributed by atoms with E-state index in [2.05, 4.69) is 47.9 Å². The molecule has 0 aliphatic carbocycles. The smallest absolute Gasteiger partial charge is 0.362 e. The molecule has 0 spiro atoms. The molecule has 18 heteroatoms. The molecule has 0 radical (unpaired) electrons. The Bertz CT molecular complexity index is 2340. The van der Waals surface area contributed by atoms with Crippen LogP contribution in [0, 0.1) is 0 Å². The van der Waals surface area contributed by atoms with Crippen molar-refractivity contribution in [3.8, 4) is 5.75 Å². The number of aromatic nitrogens is 2. The van der Waals surface area contributed by atoms with E-state index in [1.807, 2.05) is 24.3 Å². The molecule has 3 aliphatic heterocycles. The number of rotatable bonds is 23. The maximum atomic E-state index is 13.2. The zero-order valence-electron chi connectivity index (χ0n) is 37.5. The van der Waals surface area contributed by atoms with Crippen LogP contribution in [0.3, 0.4) is 0 Å². The summed E-state index contributed by atoms with van der Waals surface area (Å²) in [6.07, 6.45) is 13.3. The first-order valence-electron chi connectivity index (χ1n) is 22.5. The lowest BCUT2D eigenvalue weighted by atomic mass is 10.0. The van der Waals surface area contributed by atoms with Gasteiger partial charge in [0, 0.05) is 75.6 Å². The van der Waals surface area contributed by atoms with Gasteiger partial charge in [-0.25, -0.2) is 4.98 Å². The van der Waals surface area contributed by atoms with Gasteiger partial charge < -0.3 is 34.2 Å². The molecular formula is C47H60ClN8O7PS. The van der Waals surface area contributed by atoms with Crippen molar-refractivity contribution in [2.24, 2.45) is 0 Å². The number of carbonyl (C=O) groups is 3. The van der Waals surface area contributed by atoms with Crippen molar-refractivity contribution < 1.29 is 32.7 Å². The molecule has 4 aromatic rings. The zero-order chi connectivity index (χ0) is 45.8. The van der Waals surface area contributed by atoms with E-state index in [1.54, 1.807) is 48.0 Å². The number of hydrogen-bond acceptors (Lipinski definition) is 14. The van der Waals surface area contributed by atoms with Crippen LogP contribution in [0.25, 0.3) is 0 Å². The van der Waals surface area contributed by atoms with Crippen LogP contribution >= 0.6 is 31.0 Å². The number of anilines is 5. The number of methoxy groups -OCH3 is 1. The van der Waals surface area contributed by atoms with Crippen molar-refractivity contribution >= 4 is 82.8 Å². The van der Waals surface area contributed by atoms with Crippen LogP contribution < -0.4 is 30.9 Å². The summed E-state index contributed by atoms with van der Waals surface area (Å²) in [4.78, 5) is 53.9. The molecule has 3 amide bonds. The second-order valence-corrected chi connectivity index (χ2v) is 20.2. The monoisotopic (exact) mass is 946 g/mol. The second-order valence-electron chi connectivity index (χ2n) is 16.4. The summed E-state index contributed by atoms with van der Waals surface area (Å²) in [6, 6.07) is 18.3. The molecule has 65 heavy (non-hydrogen) atoms. The summed E-state index contributed by atoms with van der Waals surface area (Å²) in [6.45, 7) is 5.49. The number of benzene rings is 3. The average molecular weight is 948 g/mol. The summed E-state index contributed by atoms with van der Waals surface area (Å²) >= 11 is 8.28. The van der Waals surface area contributed by atoms with Gasteiger partial charge in [-0.3, -0.25) is 29.2 Å². The maximum Gasteiger partial charge on any atom is 0.362 e. The third-order valence-electron chi connectivity index (χ3n) is 12.3. The third kappa shape index (κ3) is 12.2. The Hall–Kier alpha value is -4.70. The number of unbranched alkanes of at least 4 members (excludes halogenated alkanes) is 8. The van der Waals surface area contributed by atoms with Crippen molar-refractivity contribution in [3.05, 3.63) is 83.0 Å². The molecule has 3 aromatic carbocycles. The van der Waals surface area contributed by atoms with Crippen molar-refractivity contribution in [1.82, 2.24) is 25.1 Å². The van der Waals surface area contributed by atoms with Gasteiger partial charge in [-0.05, 0) is 73.5 Å². The molecule has 0 bridgehead atoms. The van der Waals surface area contributed by atoms with Gasteiger partial charge in [0.2, 0.25) is 17.8 Å². The number of fused-ring (bicyclic) bond motifs is 1. The Morgan fingerprint density at radius 2 is 1.57 bits per heavy atom. The average Bonchev–Trinajstić information content (AvgIpc) is 3.66. The Labute approximate surface area is 391 Å². The Morgan fingerprint density at radius 1 is 0.846 bits per heavy atom. The van der Waals surface area contributed by atoms with E-state index in [-0.39, 0.29) is 29.2 Å². The topological polar surface area (TPSA) is 168 Å². The van der Waals surface area contributed by atoms with Gasteiger partial charge in [0.25, 0.3) is 5.91 Å². The molecule has 0 saturated carbocycles. The van der Waals surface area contributed by atoms with Gasteiger partial charge in [-0.1, -0.05) is 74.7 Å². The van der Waals surface area contributed by atoms with E-state index in [9.17, 15) is 18.9 Å². The van der Waals surface area contributed by atoms with Crippen molar-refractivity contribution in [2.45, 2.75) is 88.1 Å². The zero-order valence-corrected chi connectivity index (χ0v) is 40.0. The lowest BCUT2D eigenvalue weighted by Gasteiger charge is -2.36. The van der Waals surface area contributed by atoms with E-state index in [0.29, 0.717) is 52.7 Å². The molecule has 2 saturated heterocycles. The molecule has 1 unspecified atom stereocenters. The van der Waals surface area contributed by atoms with Crippen LogP contribution in [0.1, 0.15) is 86.6 Å². The lowest BCUT2D eigenvalue weighted by molar-refractivity contribution is -0.136. The summed E-state index contributed by atoms with van der Waals surface area (Å²) in [5.74, 6) is 1.53. The minimum atomic E-state index is -3.55. The van der Waals surface area contributed by atoms with Gasteiger partial charge >= 0.3 is 7.60 Å². The highest BCUT2D eigenvalue weighted by atomic mass is 35.5. The third-order valence-corrected chi connectivity index (χ3v) is 15.7. The maximum absolute atomic E-state index is 13.2. The van der Waals surface area contributed by atoms with E-state index in [1.165, 1.54) is 71.8 Å². The van der Waals surface area contributed by atoms with Gasteiger partial charge in [0.15, 0.2) is 5.82 Å². The highest BCUT2D eigenvalue weighted by Crippen LogP contribution is 2.47. The fraction of sp³-hybridized carbons (Fsp3) is 0.468. The number of piperazine rings is 1. The first-order valence-corrected chi connectivity index (χ1v) is 25.4. The SMILES string of the molecule is COc1cc(N2CCN(CCCCCCCCCCCSc3cccc4c3CN(C3CCC(=O)NC3=O)C4=O)CC2)ccc1Nc1ncc(Cl)c(Nc2ccccc2P(=O)(OC)OC)n1. The van der Waals surface area contributed by atoms with Gasteiger partial charge in [0.1, 0.15) is 16.8 Å². The van der Waals surface area contributed by atoms with E-state index in [4.69, 9.17) is 25.4 Å². The largest absolute Gasteiger partial charge is 0.494 e. The Morgan fingerprint density at radius 3 is 2.29 bits per heavy atom. The molecule has 3 N–H and O–H groups in total. The van der Waals surface area contributed by atoms with Crippen molar-refractivity contribution in [2.75, 3.05) is 75.3 Å². The van der Waals surface area contributed by atoms with Crippen molar-refractivity contribution in [3.63, 3.8) is 0 Å². The number of para-hydroxylation sites is 1. The minimum absolute atomic E-state index is 0.115. The van der Waals surface area contributed by atoms with Crippen molar-refractivity contribution in [1.29, 1.82) is 0 Å². The van der Waals surface area contributed by atoms with Gasteiger partial charge in [0.05, 0.1) is 30.0 Å². The highest BCUT2D eigenvalue weighted by molar-refractivity contribution is 7.99. The lowest BCUT2D eigenvalue weighted by Crippen LogP contribution is -2.52. The van der Waals surface area contributed by atoms with Crippen LogP contribution in [0.4, 0.5) is 28.8 Å². The molecule has 1 aromatic heterocycles. The van der Waals surface area contributed by atoms with Crippen LogP contribution in [0.5, 0.6) is 5.75 Å². The fourth-order valence-electron chi connectivity index (χ4n) is 8.61. The van der Waals surface area contributed by atoms with E-state index >= 15 is 0 Å². The molecule has 4 heterocycles. The fourth-order valence-corrected chi connectivity index (χ4v) is 11.1. The van der Waals surface area contributed by atoms with Crippen LogP contribution in [-0.4, -0.2) is 103 Å². The number of nitrogens with zero attached hydrogens (tertiary/aromatic N) is 5. The summed E-state index contributed by atoms with van der Waals surface area (Å²) in [5.41, 5.74) is 3.97. The molecular weight excluding hydrogens is 887 g/mol. The van der Waals surface area contributed by atoms with Gasteiger partial charge in [-0.15, -0.1) is 11.8 Å². The Balaban J connectivity index is 0.759. The number of imide groups is 1. The minimum Gasteiger partial charge on any atom is -0.494 e. The number of ether oxygens (including phenoxy) is 1. The number of amides is 3. The molecule has 3 aliphatic rings. The first-order chi connectivity index (χ1) is 31.6. The summed E-state index contributed by atoms with van der Waals surface area (Å²) in [7, 11) is 0.771. The quantitative estimate of drug-likeness (QED) is 0.0279. The second kappa shape index (κ2) is 23.2. The van der Waals surface area contributed by atoms with Crippen LogP contribution in [0.15, 0.2) is 71.8 Å². The number of halogens is 1.